The minimum atomic E-state index is 0.188. The van der Waals surface area contributed by atoms with Crippen LogP contribution < -0.4 is 10.6 Å². The zero-order chi connectivity index (χ0) is 21.4. The molecular formula is C22H29N7O. The highest BCUT2D eigenvalue weighted by molar-refractivity contribution is 5.77. The van der Waals surface area contributed by atoms with Crippen LogP contribution in [0.15, 0.2) is 18.2 Å². The highest BCUT2D eigenvalue weighted by Crippen LogP contribution is 2.24. The van der Waals surface area contributed by atoms with Gasteiger partial charge in [-0.15, -0.1) is 5.10 Å². The fourth-order valence-electron chi connectivity index (χ4n) is 4.25. The number of fused-ring (bicyclic) bond motifs is 1. The summed E-state index contributed by atoms with van der Waals surface area (Å²) in [6.07, 6.45) is 1.10. The zero-order valence-corrected chi connectivity index (χ0v) is 18.1. The van der Waals surface area contributed by atoms with Crippen LogP contribution in [-0.2, 0) is 11.2 Å². The van der Waals surface area contributed by atoms with Gasteiger partial charge in [0.25, 0.3) is 5.78 Å². The minimum Gasteiger partial charge on any atom is -0.368 e. The predicted octanol–water partition coefficient (Wildman–Crippen LogP) is 2.22. The number of aromatic nitrogens is 4. The average Bonchev–Trinajstić information content (AvgIpc) is 3.10. The molecule has 1 aliphatic rings. The molecule has 0 atom stereocenters. The molecule has 1 aromatic carbocycles. The molecule has 8 nitrogen and oxygen atoms in total. The van der Waals surface area contributed by atoms with Gasteiger partial charge in [0.2, 0.25) is 11.9 Å². The SMILES string of the molecule is Cc1cccc(N2CCN(C(=O)CCc3c(C)nc4nc(N)nn4c3C)CC2)c1C. The molecule has 3 heterocycles. The van der Waals surface area contributed by atoms with E-state index in [4.69, 9.17) is 5.73 Å². The molecule has 0 saturated carbocycles. The Hall–Kier alpha value is -3.16. The van der Waals surface area contributed by atoms with E-state index in [1.807, 2.05) is 18.7 Å². The standard InChI is InChI=1S/C22H29N7O/c1-14-6-5-7-19(15(14)2)27-10-12-28(13-11-27)20(30)9-8-18-16(3)24-22-25-21(23)26-29(22)17(18)4/h5-7H,8-13H2,1-4H3,(H2,23,26). The first-order valence-corrected chi connectivity index (χ1v) is 10.4. The van der Waals surface area contributed by atoms with Crippen LogP contribution >= 0.6 is 0 Å². The molecule has 2 N–H and O–H groups in total. The second-order valence-corrected chi connectivity index (χ2v) is 8.03. The van der Waals surface area contributed by atoms with Gasteiger partial charge >= 0.3 is 0 Å². The molecule has 0 aliphatic carbocycles. The van der Waals surface area contributed by atoms with E-state index in [-0.39, 0.29) is 11.9 Å². The molecule has 0 bridgehead atoms. The van der Waals surface area contributed by atoms with Crippen molar-refractivity contribution >= 4 is 23.3 Å². The number of carbonyl (C=O) groups excluding carboxylic acids is 1. The van der Waals surface area contributed by atoms with Crippen molar-refractivity contribution in [3.63, 3.8) is 0 Å². The summed E-state index contributed by atoms with van der Waals surface area (Å²) in [5, 5.41) is 4.20. The van der Waals surface area contributed by atoms with Crippen molar-refractivity contribution in [1.82, 2.24) is 24.5 Å². The van der Waals surface area contributed by atoms with Gasteiger partial charge in [-0.25, -0.2) is 4.98 Å². The van der Waals surface area contributed by atoms with Gasteiger partial charge in [-0.1, -0.05) is 12.1 Å². The maximum Gasteiger partial charge on any atom is 0.254 e. The first-order chi connectivity index (χ1) is 14.3. The first kappa shape index (κ1) is 20.1. The van der Waals surface area contributed by atoms with E-state index in [1.54, 1.807) is 4.52 Å². The summed E-state index contributed by atoms with van der Waals surface area (Å²) >= 11 is 0. The second kappa shape index (κ2) is 7.93. The number of piperazine rings is 1. The summed E-state index contributed by atoms with van der Waals surface area (Å²) in [5.41, 5.74) is 12.5. The highest BCUT2D eigenvalue weighted by atomic mass is 16.2. The lowest BCUT2D eigenvalue weighted by molar-refractivity contribution is -0.131. The number of anilines is 2. The number of nitrogen functional groups attached to an aromatic ring is 1. The molecule has 30 heavy (non-hydrogen) atoms. The number of amides is 1. The summed E-state index contributed by atoms with van der Waals surface area (Å²) < 4.78 is 1.66. The number of nitrogens with zero attached hydrogens (tertiary/aromatic N) is 6. The summed E-state index contributed by atoms with van der Waals surface area (Å²) in [4.78, 5) is 25.8. The largest absolute Gasteiger partial charge is 0.368 e. The van der Waals surface area contributed by atoms with Crippen LogP contribution in [0, 0.1) is 27.7 Å². The van der Waals surface area contributed by atoms with E-state index in [2.05, 4.69) is 52.0 Å². The van der Waals surface area contributed by atoms with Crippen LogP contribution in [0.2, 0.25) is 0 Å². The molecule has 4 rings (SSSR count). The molecule has 0 radical (unpaired) electrons. The van der Waals surface area contributed by atoms with E-state index in [0.717, 1.165) is 43.1 Å². The van der Waals surface area contributed by atoms with Crippen LogP contribution in [0.4, 0.5) is 11.6 Å². The zero-order valence-electron chi connectivity index (χ0n) is 18.1. The predicted molar refractivity (Wildman–Crippen MR) is 118 cm³/mol. The molecule has 1 saturated heterocycles. The third-order valence-corrected chi connectivity index (χ3v) is 6.20. The second-order valence-electron chi connectivity index (χ2n) is 8.03. The Morgan fingerprint density at radius 1 is 1.07 bits per heavy atom. The quantitative estimate of drug-likeness (QED) is 0.713. The Bertz CT molecular complexity index is 1100. The Morgan fingerprint density at radius 3 is 2.53 bits per heavy atom. The van der Waals surface area contributed by atoms with E-state index in [0.29, 0.717) is 18.6 Å². The molecule has 1 aliphatic heterocycles. The molecule has 3 aromatic rings. The smallest absolute Gasteiger partial charge is 0.254 e. The fraction of sp³-hybridized carbons (Fsp3) is 0.455. The molecule has 1 amide bonds. The highest BCUT2D eigenvalue weighted by Gasteiger charge is 2.23. The van der Waals surface area contributed by atoms with Crippen molar-refractivity contribution in [2.75, 3.05) is 36.8 Å². The number of rotatable bonds is 4. The summed E-state index contributed by atoms with van der Waals surface area (Å²) in [6.45, 7) is 11.4. The van der Waals surface area contributed by atoms with Gasteiger partial charge in [0, 0.05) is 49.7 Å². The van der Waals surface area contributed by atoms with Crippen LogP contribution in [-0.4, -0.2) is 56.6 Å². The summed E-state index contributed by atoms with van der Waals surface area (Å²) in [6, 6.07) is 6.42. The monoisotopic (exact) mass is 407 g/mol. The average molecular weight is 408 g/mol. The van der Waals surface area contributed by atoms with Crippen molar-refractivity contribution < 1.29 is 4.79 Å². The number of aryl methyl sites for hydroxylation is 3. The number of carbonyl (C=O) groups is 1. The fourth-order valence-corrected chi connectivity index (χ4v) is 4.25. The van der Waals surface area contributed by atoms with E-state index in [1.165, 1.54) is 16.8 Å². The third kappa shape index (κ3) is 3.69. The van der Waals surface area contributed by atoms with E-state index < -0.39 is 0 Å². The first-order valence-electron chi connectivity index (χ1n) is 10.4. The summed E-state index contributed by atoms with van der Waals surface area (Å²) in [7, 11) is 0. The Labute approximate surface area is 176 Å². The lowest BCUT2D eigenvalue weighted by atomic mass is 10.1. The van der Waals surface area contributed by atoms with Gasteiger partial charge in [0.15, 0.2) is 0 Å². The lowest BCUT2D eigenvalue weighted by Crippen LogP contribution is -2.49. The number of hydrogen-bond acceptors (Lipinski definition) is 6. The van der Waals surface area contributed by atoms with Gasteiger partial charge in [0.1, 0.15) is 0 Å². The Balaban J connectivity index is 1.39. The topological polar surface area (TPSA) is 92.6 Å². The molecular weight excluding hydrogens is 378 g/mol. The van der Waals surface area contributed by atoms with Crippen molar-refractivity contribution in [2.45, 2.75) is 40.5 Å². The van der Waals surface area contributed by atoms with Crippen molar-refractivity contribution in [3.8, 4) is 0 Å². The van der Waals surface area contributed by atoms with Crippen LogP contribution in [0.5, 0.6) is 0 Å². The van der Waals surface area contributed by atoms with Crippen molar-refractivity contribution in [1.29, 1.82) is 0 Å². The summed E-state index contributed by atoms with van der Waals surface area (Å²) in [5.74, 6) is 0.896. The van der Waals surface area contributed by atoms with Gasteiger partial charge in [-0.2, -0.15) is 9.50 Å². The molecule has 0 spiro atoms. The van der Waals surface area contributed by atoms with Crippen molar-refractivity contribution in [2.24, 2.45) is 0 Å². The molecule has 158 valence electrons. The molecule has 8 heteroatoms. The van der Waals surface area contributed by atoms with Crippen LogP contribution in [0.25, 0.3) is 5.78 Å². The number of benzene rings is 1. The molecule has 0 unspecified atom stereocenters. The number of hydrogen-bond donors (Lipinski definition) is 1. The Morgan fingerprint density at radius 2 is 1.80 bits per heavy atom. The van der Waals surface area contributed by atoms with E-state index in [9.17, 15) is 4.79 Å². The van der Waals surface area contributed by atoms with Gasteiger partial charge in [0.05, 0.1) is 0 Å². The van der Waals surface area contributed by atoms with Crippen LogP contribution in [0.3, 0.4) is 0 Å². The van der Waals surface area contributed by atoms with Gasteiger partial charge < -0.3 is 15.5 Å². The van der Waals surface area contributed by atoms with E-state index >= 15 is 0 Å². The lowest BCUT2D eigenvalue weighted by Gasteiger charge is -2.37. The van der Waals surface area contributed by atoms with Gasteiger partial charge in [-0.05, 0) is 56.9 Å². The van der Waals surface area contributed by atoms with Crippen molar-refractivity contribution in [3.05, 3.63) is 46.3 Å². The van der Waals surface area contributed by atoms with Gasteiger partial charge in [-0.3, -0.25) is 4.79 Å². The third-order valence-electron chi connectivity index (χ3n) is 6.20. The van der Waals surface area contributed by atoms with Crippen LogP contribution in [0.1, 0.15) is 34.5 Å². The number of nitrogens with two attached hydrogens (primary N) is 1. The maximum absolute atomic E-state index is 12.9. The molecule has 2 aromatic heterocycles. The Kier molecular flexibility index (Phi) is 5.32. The minimum absolute atomic E-state index is 0.188. The molecule has 1 fully saturated rings. The normalized spacial score (nSPS) is 14.5. The maximum atomic E-state index is 12.9.